The van der Waals surface area contributed by atoms with Gasteiger partial charge < -0.3 is 10.0 Å². The summed E-state index contributed by atoms with van der Waals surface area (Å²) in [5.74, 6) is -1.20. The molecule has 1 aromatic heterocycles. The standard InChI is InChI=1S/C14H21N3O4/c1-3-4-10-17-12(18)8-7-11(15-17)14(21)16(2)9-5-6-13(19)20/h7-8H,3-6,9-10H2,1-2H3,(H,19,20). The predicted molar refractivity (Wildman–Crippen MR) is 77.2 cm³/mol. The molecule has 0 atom stereocenters. The van der Waals surface area contributed by atoms with Crippen LogP contribution in [-0.4, -0.2) is 45.3 Å². The van der Waals surface area contributed by atoms with Gasteiger partial charge in [0.1, 0.15) is 5.69 Å². The molecule has 0 aliphatic carbocycles. The first-order valence-electron chi connectivity index (χ1n) is 7.01. The van der Waals surface area contributed by atoms with Crippen molar-refractivity contribution in [3.63, 3.8) is 0 Å². The van der Waals surface area contributed by atoms with E-state index >= 15 is 0 Å². The largest absolute Gasteiger partial charge is 0.481 e. The zero-order valence-electron chi connectivity index (χ0n) is 12.4. The number of hydrogen-bond acceptors (Lipinski definition) is 4. The molecule has 21 heavy (non-hydrogen) atoms. The van der Waals surface area contributed by atoms with Crippen molar-refractivity contribution in [1.82, 2.24) is 14.7 Å². The van der Waals surface area contributed by atoms with Crippen molar-refractivity contribution in [2.75, 3.05) is 13.6 Å². The van der Waals surface area contributed by atoms with Gasteiger partial charge in [-0.05, 0) is 18.9 Å². The van der Waals surface area contributed by atoms with E-state index in [9.17, 15) is 14.4 Å². The van der Waals surface area contributed by atoms with Crippen molar-refractivity contribution in [2.45, 2.75) is 39.2 Å². The topological polar surface area (TPSA) is 92.5 Å². The summed E-state index contributed by atoms with van der Waals surface area (Å²) in [7, 11) is 1.59. The number of unbranched alkanes of at least 4 members (excludes halogenated alkanes) is 1. The third kappa shape index (κ3) is 5.37. The van der Waals surface area contributed by atoms with Crippen LogP contribution in [0, 0.1) is 0 Å². The lowest BCUT2D eigenvalue weighted by atomic mass is 10.2. The van der Waals surface area contributed by atoms with E-state index < -0.39 is 5.97 Å². The van der Waals surface area contributed by atoms with Gasteiger partial charge in [0.05, 0.1) is 0 Å². The highest BCUT2D eigenvalue weighted by atomic mass is 16.4. The van der Waals surface area contributed by atoms with Crippen molar-refractivity contribution in [3.8, 4) is 0 Å². The van der Waals surface area contributed by atoms with Gasteiger partial charge in [-0.25, -0.2) is 4.68 Å². The van der Waals surface area contributed by atoms with Crippen LogP contribution in [0.1, 0.15) is 43.1 Å². The Bertz CT molecular complexity index is 553. The maximum Gasteiger partial charge on any atom is 0.303 e. The number of rotatable bonds is 8. The minimum Gasteiger partial charge on any atom is -0.481 e. The van der Waals surface area contributed by atoms with E-state index in [0.29, 0.717) is 19.5 Å². The second kappa shape index (κ2) is 8.18. The quantitative estimate of drug-likeness (QED) is 0.771. The molecule has 7 heteroatoms. The molecule has 0 aromatic carbocycles. The van der Waals surface area contributed by atoms with E-state index in [2.05, 4.69) is 5.10 Å². The highest BCUT2D eigenvalue weighted by Gasteiger charge is 2.14. The first-order chi connectivity index (χ1) is 9.95. The van der Waals surface area contributed by atoms with E-state index in [4.69, 9.17) is 5.11 Å². The molecule has 0 spiro atoms. The second-order valence-electron chi connectivity index (χ2n) is 4.86. The molecule has 0 saturated carbocycles. The first kappa shape index (κ1) is 16.9. The number of aromatic nitrogens is 2. The molecule has 1 rings (SSSR count). The van der Waals surface area contributed by atoms with Crippen LogP contribution >= 0.6 is 0 Å². The van der Waals surface area contributed by atoms with Gasteiger partial charge in [-0.1, -0.05) is 13.3 Å². The summed E-state index contributed by atoms with van der Waals surface area (Å²) in [5.41, 5.74) is -0.0305. The average Bonchev–Trinajstić information content (AvgIpc) is 2.45. The number of nitrogens with zero attached hydrogens (tertiary/aromatic N) is 3. The Morgan fingerprint density at radius 1 is 1.33 bits per heavy atom. The average molecular weight is 295 g/mol. The maximum absolute atomic E-state index is 12.2. The zero-order chi connectivity index (χ0) is 15.8. The van der Waals surface area contributed by atoms with Gasteiger partial charge in [0.25, 0.3) is 11.5 Å². The van der Waals surface area contributed by atoms with Crippen LogP contribution in [0.5, 0.6) is 0 Å². The molecule has 0 aliphatic rings. The lowest BCUT2D eigenvalue weighted by Crippen LogP contribution is -2.32. The third-order valence-electron chi connectivity index (χ3n) is 3.04. The molecular formula is C14H21N3O4. The van der Waals surface area contributed by atoms with Gasteiger partial charge in [-0.15, -0.1) is 0 Å². The summed E-state index contributed by atoms with van der Waals surface area (Å²) in [5, 5.41) is 12.6. The van der Waals surface area contributed by atoms with Crippen LogP contribution in [0.25, 0.3) is 0 Å². The molecule has 116 valence electrons. The summed E-state index contributed by atoms with van der Waals surface area (Å²) >= 11 is 0. The summed E-state index contributed by atoms with van der Waals surface area (Å²) in [6, 6.07) is 2.74. The zero-order valence-corrected chi connectivity index (χ0v) is 12.4. The van der Waals surface area contributed by atoms with Crippen LogP contribution in [0.2, 0.25) is 0 Å². The summed E-state index contributed by atoms with van der Waals surface area (Å²) in [6.45, 7) is 2.83. The Balaban J connectivity index is 2.72. The number of carbonyl (C=O) groups excluding carboxylic acids is 1. The summed E-state index contributed by atoms with van der Waals surface area (Å²) in [6.07, 6.45) is 2.15. The monoisotopic (exact) mass is 295 g/mol. The van der Waals surface area contributed by atoms with Crippen molar-refractivity contribution in [1.29, 1.82) is 0 Å². The van der Waals surface area contributed by atoms with Crippen molar-refractivity contribution >= 4 is 11.9 Å². The van der Waals surface area contributed by atoms with Gasteiger partial charge in [-0.3, -0.25) is 14.4 Å². The number of carboxylic acids is 1. The van der Waals surface area contributed by atoms with Gasteiger partial charge in [-0.2, -0.15) is 5.10 Å². The number of amides is 1. The number of hydrogen-bond donors (Lipinski definition) is 1. The van der Waals surface area contributed by atoms with Crippen LogP contribution in [-0.2, 0) is 11.3 Å². The molecule has 1 aromatic rings. The van der Waals surface area contributed by atoms with E-state index in [1.54, 1.807) is 7.05 Å². The van der Waals surface area contributed by atoms with E-state index in [1.807, 2.05) is 6.92 Å². The minimum absolute atomic E-state index is 0.0149. The molecule has 1 N–H and O–H groups in total. The molecule has 1 amide bonds. The second-order valence-corrected chi connectivity index (χ2v) is 4.86. The van der Waals surface area contributed by atoms with E-state index in [0.717, 1.165) is 12.8 Å². The molecule has 0 fully saturated rings. The predicted octanol–water partition coefficient (Wildman–Crippen LogP) is 0.980. The van der Waals surface area contributed by atoms with Gasteiger partial charge in [0, 0.05) is 32.6 Å². The highest BCUT2D eigenvalue weighted by Crippen LogP contribution is 2.01. The van der Waals surface area contributed by atoms with Gasteiger partial charge >= 0.3 is 5.97 Å². The Kier molecular flexibility index (Phi) is 6.58. The van der Waals surface area contributed by atoms with Crippen LogP contribution in [0.3, 0.4) is 0 Å². The van der Waals surface area contributed by atoms with Crippen molar-refractivity contribution < 1.29 is 14.7 Å². The number of carbonyl (C=O) groups is 2. The van der Waals surface area contributed by atoms with Gasteiger partial charge in [0.2, 0.25) is 0 Å². The Morgan fingerprint density at radius 2 is 2.05 bits per heavy atom. The van der Waals surface area contributed by atoms with Crippen LogP contribution < -0.4 is 5.56 Å². The molecule has 0 aliphatic heterocycles. The fourth-order valence-electron chi connectivity index (χ4n) is 1.80. The lowest BCUT2D eigenvalue weighted by molar-refractivity contribution is -0.137. The van der Waals surface area contributed by atoms with Crippen molar-refractivity contribution in [2.24, 2.45) is 0 Å². The Morgan fingerprint density at radius 3 is 2.67 bits per heavy atom. The number of carboxylic acid groups (broad SMARTS) is 1. The van der Waals surface area contributed by atoms with Gasteiger partial charge in [0.15, 0.2) is 0 Å². The first-order valence-corrected chi connectivity index (χ1v) is 7.01. The summed E-state index contributed by atoms with van der Waals surface area (Å²) < 4.78 is 1.29. The highest BCUT2D eigenvalue weighted by molar-refractivity contribution is 5.91. The van der Waals surface area contributed by atoms with Crippen LogP contribution in [0.4, 0.5) is 0 Å². The number of aliphatic carboxylic acids is 1. The minimum atomic E-state index is -0.887. The molecule has 0 unspecified atom stereocenters. The maximum atomic E-state index is 12.2. The Hall–Kier alpha value is -2.18. The smallest absolute Gasteiger partial charge is 0.303 e. The normalized spacial score (nSPS) is 10.4. The van der Waals surface area contributed by atoms with Crippen LogP contribution in [0.15, 0.2) is 16.9 Å². The molecule has 7 nitrogen and oxygen atoms in total. The molecule has 1 heterocycles. The van der Waals surface area contributed by atoms with E-state index in [-0.39, 0.29) is 23.6 Å². The molecule has 0 bridgehead atoms. The molecule has 0 radical (unpaired) electrons. The third-order valence-corrected chi connectivity index (χ3v) is 3.04. The fourth-order valence-corrected chi connectivity index (χ4v) is 1.80. The Labute approximate surface area is 123 Å². The number of aryl methyl sites for hydroxylation is 1. The summed E-state index contributed by atoms with van der Waals surface area (Å²) in [4.78, 5) is 35.7. The van der Waals surface area contributed by atoms with E-state index in [1.165, 1.54) is 21.7 Å². The molecule has 0 saturated heterocycles. The fraction of sp³-hybridized carbons (Fsp3) is 0.571. The molecular weight excluding hydrogens is 274 g/mol. The lowest BCUT2D eigenvalue weighted by Gasteiger charge is -2.16. The van der Waals surface area contributed by atoms with Crippen molar-refractivity contribution in [3.05, 3.63) is 28.2 Å². The SMILES string of the molecule is CCCCn1nc(C(=O)N(C)CCCC(=O)O)ccc1=O.